The van der Waals surface area contributed by atoms with Gasteiger partial charge in [0.15, 0.2) is 0 Å². The number of piperidine rings is 1. The van der Waals surface area contributed by atoms with Crippen LogP contribution in [0, 0.1) is 0 Å². The van der Waals surface area contributed by atoms with Gasteiger partial charge in [-0.1, -0.05) is 6.42 Å². The molecular formula is C9H25NO4Si4. The fourth-order valence-electron chi connectivity index (χ4n) is 2.72. The number of rotatable bonds is 1. The van der Waals surface area contributed by atoms with Gasteiger partial charge in [0.25, 0.3) is 9.28 Å². The smallest absolute Gasteiger partial charge is 0.406 e. The molecule has 0 N–H and O–H groups in total. The van der Waals surface area contributed by atoms with Crippen LogP contribution >= 0.6 is 0 Å². The van der Waals surface area contributed by atoms with Gasteiger partial charge < -0.3 is 16.5 Å². The van der Waals surface area contributed by atoms with Crippen LogP contribution in [0.5, 0.6) is 0 Å². The molecule has 2 aliphatic rings. The van der Waals surface area contributed by atoms with E-state index in [4.69, 9.17) is 16.5 Å². The Hall–Kier alpha value is 0.668. The molecule has 0 aromatic carbocycles. The topological polar surface area (TPSA) is 40.2 Å². The lowest BCUT2D eigenvalue weighted by Crippen LogP contribution is -2.64. The van der Waals surface area contributed by atoms with Crippen molar-refractivity contribution in [2.24, 2.45) is 0 Å². The summed E-state index contributed by atoms with van der Waals surface area (Å²) in [5.41, 5.74) is 0. The summed E-state index contributed by atoms with van der Waals surface area (Å²) in [7, 11) is -6.94. The van der Waals surface area contributed by atoms with E-state index in [1.54, 1.807) is 0 Å². The molecule has 2 atom stereocenters. The Bertz CT molecular complexity index is 265. The largest absolute Gasteiger partial charge is 0.420 e. The predicted octanol–water partition coefficient (Wildman–Crippen LogP) is 0.672. The molecule has 5 nitrogen and oxygen atoms in total. The third-order valence-electron chi connectivity index (χ3n) is 3.47. The van der Waals surface area contributed by atoms with Crippen molar-refractivity contribution in [1.82, 2.24) is 4.57 Å². The van der Waals surface area contributed by atoms with Crippen molar-refractivity contribution in [3.63, 3.8) is 0 Å². The fourth-order valence-corrected chi connectivity index (χ4v) is 17.3. The lowest BCUT2D eigenvalue weighted by Gasteiger charge is -2.44. The Balaban J connectivity index is 2.07. The number of hydrogen-bond donors (Lipinski definition) is 0. The molecule has 0 saturated carbocycles. The van der Waals surface area contributed by atoms with Gasteiger partial charge in [0.05, 0.1) is 0 Å². The summed E-state index contributed by atoms with van der Waals surface area (Å²) in [5, 5.41) is 0. The summed E-state index contributed by atoms with van der Waals surface area (Å²) in [4.78, 5) is 0. The molecule has 0 aromatic heterocycles. The molecule has 2 rings (SSSR count). The Kier molecular flexibility index (Phi) is 5.37. The molecule has 0 spiro atoms. The first-order valence-corrected chi connectivity index (χ1v) is 15.5. The van der Waals surface area contributed by atoms with E-state index < -0.39 is 36.6 Å². The van der Waals surface area contributed by atoms with E-state index in [9.17, 15) is 0 Å². The molecule has 0 bridgehead atoms. The van der Waals surface area contributed by atoms with E-state index in [1.165, 1.54) is 19.3 Å². The van der Waals surface area contributed by atoms with Crippen LogP contribution in [0.1, 0.15) is 19.3 Å². The monoisotopic (exact) mass is 323 g/mol. The third-order valence-corrected chi connectivity index (χ3v) is 17.3. The molecule has 0 aromatic rings. The first-order chi connectivity index (χ1) is 8.49. The second-order valence-corrected chi connectivity index (χ2v) is 15.1. The highest BCUT2D eigenvalue weighted by molar-refractivity contribution is 6.79. The normalized spacial score (nSPS) is 44.3. The molecule has 2 saturated heterocycles. The van der Waals surface area contributed by atoms with Crippen LogP contribution in [0.2, 0.25) is 26.2 Å². The summed E-state index contributed by atoms with van der Waals surface area (Å²) in [6.07, 6.45) is 3.85. The van der Waals surface area contributed by atoms with Crippen LogP contribution in [0.4, 0.5) is 0 Å². The van der Waals surface area contributed by atoms with E-state index in [1.807, 2.05) is 0 Å². The van der Waals surface area contributed by atoms with Crippen molar-refractivity contribution in [3.8, 4) is 0 Å². The van der Waals surface area contributed by atoms with E-state index in [-0.39, 0.29) is 0 Å². The zero-order valence-electron chi connectivity index (χ0n) is 11.8. The fraction of sp³-hybridized carbons (Fsp3) is 1.00. The molecule has 0 radical (unpaired) electrons. The molecule has 106 valence electrons. The van der Waals surface area contributed by atoms with Crippen LogP contribution < -0.4 is 0 Å². The van der Waals surface area contributed by atoms with Crippen LogP contribution in [0.15, 0.2) is 0 Å². The van der Waals surface area contributed by atoms with Crippen molar-refractivity contribution in [3.05, 3.63) is 0 Å². The highest BCUT2D eigenvalue weighted by atomic mass is 28.5. The Morgan fingerprint density at radius 2 is 1.33 bits per heavy atom. The number of nitrogens with zero attached hydrogens (tertiary/aromatic N) is 1. The van der Waals surface area contributed by atoms with Gasteiger partial charge in [0, 0.05) is 0 Å². The summed E-state index contributed by atoms with van der Waals surface area (Å²) in [5.74, 6) is 0. The van der Waals surface area contributed by atoms with Crippen molar-refractivity contribution in [2.45, 2.75) is 45.5 Å². The first kappa shape index (κ1) is 15.1. The Labute approximate surface area is 116 Å². The van der Waals surface area contributed by atoms with Crippen LogP contribution in [0.25, 0.3) is 0 Å². The minimum atomic E-state index is -2.25. The average molecular weight is 324 g/mol. The molecule has 18 heavy (non-hydrogen) atoms. The standard InChI is InChI=1S/C9H25NO4Si4/c1-15-11-16(2)13-18(4,14-17(3)12-15)10-8-6-5-7-9-10/h15-17H,5-9H2,1-4H3. The summed E-state index contributed by atoms with van der Waals surface area (Å²) >= 11 is 0. The summed E-state index contributed by atoms with van der Waals surface area (Å²) < 4.78 is 27.0. The first-order valence-electron chi connectivity index (χ1n) is 6.91. The molecule has 0 amide bonds. The summed E-state index contributed by atoms with van der Waals surface area (Å²) in [6, 6.07) is 0. The lowest BCUT2D eigenvalue weighted by molar-refractivity contribution is 0.193. The van der Waals surface area contributed by atoms with Crippen molar-refractivity contribution >= 4 is 36.6 Å². The van der Waals surface area contributed by atoms with Gasteiger partial charge in [0.1, 0.15) is 0 Å². The van der Waals surface area contributed by atoms with Crippen LogP contribution in [-0.2, 0) is 16.5 Å². The van der Waals surface area contributed by atoms with Gasteiger partial charge in [-0.15, -0.1) is 0 Å². The SMILES string of the molecule is C[SiH]1O[SiH](C)O[Si](C)(N2CCCCC2)O[SiH](C)O1. The highest BCUT2D eigenvalue weighted by Gasteiger charge is 2.45. The third kappa shape index (κ3) is 3.83. The lowest BCUT2D eigenvalue weighted by atomic mass is 10.2. The minimum Gasteiger partial charge on any atom is -0.420 e. The van der Waals surface area contributed by atoms with E-state index >= 15 is 0 Å². The zero-order chi connectivity index (χ0) is 13.2. The highest BCUT2D eigenvalue weighted by Crippen LogP contribution is 2.23. The quantitative estimate of drug-likeness (QED) is 0.664. The average Bonchev–Trinajstić information content (AvgIpc) is 2.27. The zero-order valence-corrected chi connectivity index (χ0v) is 16.3. The van der Waals surface area contributed by atoms with Crippen molar-refractivity contribution < 1.29 is 16.5 Å². The van der Waals surface area contributed by atoms with Gasteiger partial charge in [-0.3, -0.25) is 4.57 Å². The summed E-state index contributed by atoms with van der Waals surface area (Å²) in [6.45, 7) is 10.7. The number of hydrogen-bond acceptors (Lipinski definition) is 5. The van der Waals surface area contributed by atoms with Crippen LogP contribution in [-0.4, -0.2) is 54.2 Å². The predicted molar refractivity (Wildman–Crippen MR) is 80.4 cm³/mol. The minimum absolute atomic E-state index is 1.11. The van der Waals surface area contributed by atoms with E-state index in [0.717, 1.165) is 13.1 Å². The molecule has 2 aliphatic heterocycles. The Morgan fingerprint density at radius 3 is 1.83 bits per heavy atom. The molecule has 2 fully saturated rings. The van der Waals surface area contributed by atoms with E-state index in [2.05, 4.69) is 30.8 Å². The second-order valence-electron chi connectivity index (χ2n) is 5.16. The van der Waals surface area contributed by atoms with E-state index in [0.29, 0.717) is 0 Å². The van der Waals surface area contributed by atoms with Gasteiger partial charge in [-0.2, -0.15) is 0 Å². The van der Waals surface area contributed by atoms with Crippen molar-refractivity contribution in [2.75, 3.05) is 13.1 Å². The van der Waals surface area contributed by atoms with Crippen molar-refractivity contribution in [1.29, 1.82) is 0 Å². The second kappa shape index (κ2) is 6.41. The molecule has 2 heterocycles. The molecular weight excluding hydrogens is 298 g/mol. The molecule has 9 heteroatoms. The maximum atomic E-state index is 6.31. The van der Waals surface area contributed by atoms with Gasteiger partial charge >= 0.3 is 27.3 Å². The molecule has 0 aliphatic carbocycles. The van der Waals surface area contributed by atoms with Crippen LogP contribution in [0.3, 0.4) is 0 Å². The van der Waals surface area contributed by atoms with Gasteiger partial charge in [-0.05, 0) is 52.1 Å². The van der Waals surface area contributed by atoms with Gasteiger partial charge in [-0.25, -0.2) is 0 Å². The van der Waals surface area contributed by atoms with Gasteiger partial charge in [0.2, 0.25) is 0 Å². The maximum Gasteiger partial charge on any atom is 0.406 e. The molecule has 2 unspecified atom stereocenters. The maximum absolute atomic E-state index is 6.31. The Morgan fingerprint density at radius 1 is 0.833 bits per heavy atom.